The molecule has 0 aliphatic heterocycles. The van der Waals surface area contributed by atoms with Crippen LogP contribution < -0.4 is 0 Å². The third-order valence-electron chi connectivity index (χ3n) is 0.534. The van der Waals surface area contributed by atoms with Crippen LogP contribution in [0, 0.1) is 12.3 Å². The molecule has 0 aliphatic rings. The van der Waals surface area contributed by atoms with E-state index in [0.29, 0.717) is 6.61 Å². The van der Waals surface area contributed by atoms with Crippen LogP contribution in [0.15, 0.2) is 0 Å². The molecule has 0 bridgehead atoms. The highest BCUT2D eigenvalue weighted by Gasteiger charge is 1.77. The number of terminal acetylenes is 1. The van der Waals surface area contributed by atoms with Gasteiger partial charge in [-0.05, 0) is 6.04 Å². The first kappa shape index (κ1) is 6.74. The summed E-state index contributed by atoms with van der Waals surface area (Å²) in [5, 5.41) is 0. The molecule has 1 nitrogen and oxygen atoms in total. The van der Waals surface area contributed by atoms with E-state index in [9.17, 15) is 0 Å². The van der Waals surface area contributed by atoms with Crippen molar-refractivity contribution < 1.29 is 4.43 Å². The Labute approximate surface area is 47.0 Å². The highest BCUT2D eigenvalue weighted by Crippen LogP contribution is 1.73. The lowest BCUT2D eigenvalue weighted by molar-refractivity contribution is 0.394. The van der Waals surface area contributed by atoms with Crippen molar-refractivity contribution in [1.29, 1.82) is 0 Å². The van der Waals surface area contributed by atoms with E-state index in [-0.39, 0.29) is 9.76 Å². The van der Waals surface area contributed by atoms with Crippen LogP contribution in [0.2, 0.25) is 6.04 Å². The molecule has 0 atom stereocenters. The predicted molar refractivity (Wildman–Crippen MR) is 33.8 cm³/mol. The summed E-state index contributed by atoms with van der Waals surface area (Å²) in [7, 11) is -0.232. The summed E-state index contributed by atoms with van der Waals surface area (Å²) in [5.74, 6) is 2.42. The molecule has 0 aromatic carbocycles. The van der Waals surface area contributed by atoms with E-state index in [4.69, 9.17) is 10.8 Å². The van der Waals surface area contributed by atoms with Gasteiger partial charge < -0.3 is 4.43 Å². The van der Waals surface area contributed by atoms with E-state index >= 15 is 0 Å². The van der Waals surface area contributed by atoms with E-state index in [1.165, 1.54) is 6.04 Å². The van der Waals surface area contributed by atoms with Gasteiger partial charge in [0.2, 0.25) is 0 Å². The molecule has 0 N–H and O–H groups in total. The summed E-state index contributed by atoms with van der Waals surface area (Å²) in [4.78, 5) is 0. The Kier molecular flexibility index (Phi) is 5.52. The van der Waals surface area contributed by atoms with Gasteiger partial charge >= 0.3 is 0 Å². The lowest BCUT2D eigenvalue weighted by atomic mass is 10.8. The Bertz CT molecular complexity index is 65.0. The lowest BCUT2D eigenvalue weighted by Crippen LogP contribution is -1.95. The van der Waals surface area contributed by atoms with Crippen molar-refractivity contribution in [3.63, 3.8) is 0 Å². The SMILES string of the molecule is C#CCO[SiH2]CC. The van der Waals surface area contributed by atoms with Crippen LogP contribution in [-0.2, 0) is 4.43 Å². The van der Waals surface area contributed by atoms with Crippen LogP contribution in [0.3, 0.4) is 0 Å². The monoisotopic (exact) mass is 114 g/mol. The van der Waals surface area contributed by atoms with Crippen LogP contribution in [0.4, 0.5) is 0 Å². The highest BCUT2D eigenvalue weighted by atomic mass is 28.2. The van der Waals surface area contributed by atoms with Gasteiger partial charge in [0.1, 0.15) is 0 Å². The van der Waals surface area contributed by atoms with E-state index < -0.39 is 0 Å². The Morgan fingerprint density at radius 1 is 1.86 bits per heavy atom. The summed E-state index contributed by atoms with van der Waals surface area (Å²) in [5.41, 5.74) is 0. The summed E-state index contributed by atoms with van der Waals surface area (Å²) < 4.78 is 5.03. The molecule has 0 saturated heterocycles. The average Bonchev–Trinajstić information content (AvgIpc) is 1.69. The minimum atomic E-state index is -0.232. The first-order valence-electron chi connectivity index (χ1n) is 2.43. The van der Waals surface area contributed by atoms with Crippen molar-refractivity contribution in [2.45, 2.75) is 13.0 Å². The van der Waals surface area contributed by atoms with Crippen LogP contribution in [0.25, 0.3) is 0 Å². The molecule has 0 unspecified atom stereocenters. The molecule has 2 heteroatoms. The molecular weight excluding hydrogens is 104 g/mol. The van der Waals surface area contributed by atoms with Crippen LogP contribution in [-0.4, -0.2) is 16.4 Å². The Balaban J connectivity index is 2.60. The predicted octanol–water partition coefficient (Wildman–Crippen LogP) is 0.158. The van der Waals surface area contributed by atoms with Crippen LogP contribution >= 0.6 is 0 Å². The largest absolute Gasteiger partial charge is 0.413 e. The Hall–Kier alpha value is -0.263. The van der Waals surface area contributed by atoms with Crippen molar-refractivity contribution in [1.82, 2.24) is 0 Å². The molecular formula is C5H10OSi. The lowest BCUT2D eigenvalue weighted by Gasteiger charge is -1.90. The van der Waals surface area contributed by atoms with Crippen molar-refractivity contribution in [2.24, 2.45) is 0 Å². The second kappa shape index (κ2) is 5.74. The third kappa shape index (κ3) is 5.74. The molecule has 40 valence electrons. The maximum Gasteiger partial charge on any atom is 0.162 e. The van der Waals surface area contributed by atoms with Gasteiger partial charge in [0.15, 0.2) is 9.76 Å². The quantitative estimate of drug-likeness (QED) is 0.288. The van der Waals surface area contributed by atoms with Crippen LogP contribution in [0.1, 0.15) is 6.92 Å². The molecule has 0 fully saturated rings. The molecule has 0 heterocycles. The van der Waals surface area contributed by atoms with Gasteiger partial charge in [0.25, 0.3) is 0 Å². The first-order valence-corrected chi connectivity index (χ1v) is 4.00. The van der Waals surface area contributed by atoms with Crippen molar-refractivity contribution in [3.05, 3.63) is 0 Å². The standard InChI is InChI=1S/C5H10OSi/c1-3-5-6-7-4-2/h1H,4-5,7H2,2H3. The zero-order valence-electron chi connectivity index (χ0n) is 4.61. The molecule has 0 saturated carbocycles. The minimum Gasteiger partial charge on any atom is -0.413 e. The van der Waals surface area contributed by atoms with E-state index in [0.717, 1.165) is 0 Å². The molecule has 0 amide bonds. The second-order valence-electron chi connectivity index (χ2n) is 1.26. The minimum absolute atomic E-state index is 0.232. The van der Waals surface area contributed by atoms with Crippen molar-refractivity contribution in [3.8, 4) is 12.3 Å². The molecule has 0 rings (SSSR count). The van der Waals surface area contributed by atoms with Crippen LogP contribution in [0.5, 0.6) is 0 Å². The molecule has 7 heavy (non-hydrogen) atoms. The van der Waals surface area contributed by atoms with Gasteiger partial charge in [0.05, 0.1) is 6.61 Å². The fourth-order valence-corrected chi connectivity index (χ4v) is 0.826. The van der Waals surface area contributed by atoms with Gasteiger partial charge in [-0.2, -0.15) is 0 Å². The molecule has 0 aromatic heterocycles. The zero-order chi connectivity index (χ0) is 5.54. The molecule has 0 radical (unpaired) electrons. The highest BCUT2D eigenvalue weighted by molar-refractivity contribution is 6.26. The maximum absolute atomic E-state index is 5.03. The zero-order valence-corrected chi connectivity index (χ0v) is 6.02. The van der Waals surface area contributed by atoms with Gasteiger partial charge in [0, 0.05) is 0 Å². The van der Waals surface area contributed by atoms with Crippen molar-refractivity contribution in [2.75, 3.05) is 6.61 Å². The fourth-order valence-electron chi connectivity index (χ4n) is 0.275. The van der Waals surface area contributed by atoms with Gasteiger partial charge in [-0.1, -0.05) is 12.8 Å². The average molecular weight is 114 g/mol. The first-order chi connectivity index (χ1) is 3.41. The van der Waals surface area contributed by atoms with E-state index in [2.05, 4.69) is 12.8 Å². The number of hydrogen-bond acceptors (Lipinski definition) is 1. The molecule has 0 spiro atoms. The summed E-state index contributed by atoms with van der Waals surface area (Å²) >= 11 is 0. The Morgan fingerprint density at radius 2 is 2.57 bits per heavy atom. The van der Waals surface area contributed by atoms with E-state index in [1.807, 2.05) is 0 Å². The summed E-state index contributed by atoms with van der Waals surface area (Å²) in [6.45, 7) is 2.63. The smallest absolute Gasteiger partial charge is 0.162 e. The van der Waals surface area contributed by atoms with E-state index in [1.54, 1.807) is 0 Å². The van der Waals surface area contributed by atoms with Gasteiger partial charge in [-0.25, -0.2) is 0 Å². The summed E-state index contributed by atoms with van der Waals surface area (Å²) in [6, 6.07) is 1.18. The molecule has 0 aliphatic carbocycles. The fraction of sp³-hybridized carbons (Fsp3) is 0.600. The number of hydrogen-bond donors (Lipinski definition) is 0. The molecule has 0 aromatic rings. The third-order valence-corrected chi connectivity index (χ3v) is 1.43. The topological polar surface area (TPSA) is 9.23 Å². The number of rotatable bonds is 3. The van der Waals surface area contributed by atoms with Gasteiger partial charge in [-0.15, -0.1) is 6.42 Å². The van der Waals surface area contributed by atoms with Gasteiger partial charge in [-0.3, -0.25) is 0 Å². The Morgan fingerprint density at radius 3 is 3.00 bits per heavy atom. The summed E-state index contributed by atoms with van der Waals surface area (Å²) in [6.07, 6.45) is 4.92. The second-order valence-corrected chi connectivity index (χ2v) is 3.07. The maximum atomic E-state index is 5.03. The normalized spacial score (nSPS) is 9.71. The van der Waals surface area contributed by atoms with Crippen molar-refractivity contribution >= 4 is 9.76 Å².